The van der Waals surface area contributed by atoms with Crippen LogP contribution >= 0.6 is 38.9 Å². The third kappa shape index (κ3) is 5.19. The molecule has 0 spiro atoms. The Morgan fingerprint density at radius 1 is 1.09 bits per heavy atom. The summed E-state index contributed by atoms with van der Waals surface area (Å²) in [6.07, 6.45) is 1.74. The molecule has 0 aliphatic carbocycles. The molecular formula is C26H19BrClN5OS. The second kappa shape index (κ2) is 10.1. The molecule has 2 aromatic heterocycles. The zero-order chi connectivity index (χ0) is 24.4. The van der Waals surface area contributed by atoms with E-state index in [1.807, 2.05) is 73.0 Å². The number of fused-ring (bicyclic) bond motifs is 1. The van der Waals surface area contributed by atoms with Crippen molar-refractivity contribution in [1.82, 2.24) is 20.0 Å². The number of nitrogens with one attached hydrogen (secondary N) is 1. The number of aromatic nitrogens is 3. The van der Waals surface area contributed by atoms with Crippen LogP contribution < -0.4 is 11.0 Å². The Hall–Kier alpha value is -3.33. The zero-order valence-corrected chi connectivity index (χ0v) is 21.7. The van der Waals surface area contributed by atoms with Crippen molar-refractivity contribution in [2.75, 3.05) is 0 Å². The average molecular weight is 565 g/mol. The SMILES string of the molecule is Cc1ccc(/C=N/NCc2nc3ccc(Br)cc3c(=O)n2-c2nc(-c3ccc(Cl)cc3)cs2)cc1. The Kier molecular flexibility index (Phi) is 6.77. The fourth-order valence-electron chi connectivity index (χ4n) is 3.53. The summed E-state index contributed by atoms with van der Waals surface area (Å²) < 4.78 is 2.36. The van der Waals surface area contributed by atoms with E-state index in [4.69, 9.17) is 21.6 Å². The molecule has 1 N–H and O–H groups in total. The van der Waals surface area contributed by atoms with Gasteiger partial charge in [-0.3, -0.25) is 4.79 Å². The second-order valence-corrected chi connectivity index (χ2v) is 10.0. The van der Waals surface area contributed by atoms with E-state index >= 15 is 0 Å². The van der Waals surface area contributed by atoms with Crippen LogP contribution in [-0.4, -0.2) is 20.7 Å². The smallest absolute Gasteiger partial charge is 0.267 e. The maximum Gasteiger partial charge on any atom is 0.267 e. The normalized spacial score (nSPS) is 11.4. The van der Waals surface area contributed by atoms with Crippen LogP contribution in [0.1, 0.15) is 17.0 Å². The first kappa shape index (κ1) is 23.4. The van der Waals surface area contributed by atoms with Crippen LogP contribution in [0.25, 0.3) is 27.3 Å². The van der Waals surface area contributed by atoms with Gasteiger partial charge in [0.1, 0.15) is 5.82 Å². The molecule has 0 saturated carbocycles. The molecule has 0 fully saturated rings. The number of benzene rings is 3. The minimum absolute atomic E-state index is 0.187. The van der Waals surface area contributed by atoms with E-state index < -0.39 is 0 Å². The highest BCUT2D eigenvalue weighted by Crippen LogP contribution is 2.26. The van der Waals surface area contributed by atoms with Gasteiger partial charge in [-0.2, -0.15) is 5.10 Å². The monoisotopic (exact) mass is 563 g/mol. The lowest BCUT2D eigenvalue weighted by Gasteiger charge is -2.11. The van der Waals surface area contributed by atoms with Gasteiger partial charge in [0.05, 0.1) is 29.4 Å². The molecule has 0 aliphatic heterocycles. The summed E-state index contributed by atoms with van der Waals surface area (Å²) in [6.45, 7) is 2.29. The van der Waals surface area contributed by atoms with Crippen molar-refractivity contribution in [2.24, 2.45) is 5.10 Å². The highest BCUT2D eigenvalue weighted by Gasteiger charge is 2.16. The molecule has 0 atom stereocenters. The van der Waals surface area contributed by atoms with Crippen molar-refractivity contribution in [2.45, 2.75) is 13.5 Å². The molecule has 0 saturated heterocycles. The molecule has 3 aromatic carbocycles. The van der Waals surface area contributed by atoms with Gasteiger partial charge in [0.15, 0.2) is 5.13 Å². The average Bonchev–Trinajstić information content (AvgIpc) is 3.33. The maximum atomic E-state index is 13.6. The summed E-state index contributed by atoms with van der Waals surface area (Å²) in [5, 5.41) is 7.94. The second-order valence-electron chi connectivity index (χ2n) is 7.86. The number of hydrazone groups is 1. The van der Waals surface area contributed by atoms with Crippen LogP contribution in [0.15, 0.2) is 86.5 Å². The number of halogens is 2. The van der Waals surface area contributed by atoms with Gasteiger partial charge >= 0.3 is 0 Å². The lowest BCUT2D eigenvalue weighted by Crippen LogP contribution is -2.26. The van der Waals surface area contributed by atoms with E-state index in [-0.39, 0.29) is 12.1 Å². The number of nitrogens with zero attached hydrogens (tertiary/aromatic N) is 4. The zero-order valence-electron chi connectivity index (χ0n) is 18.6. The first-order valence-corrected chi connectivity index (χ1v) is 12.8. The van der Waals surface area contributed by atoms with Crippen LogP contribution in [0.3, 0.4) is 0 Å². The van der Waals surface area contributed by atoms with Gasteiger partial charge in [0, 0.05) is 20.4 Å². The van der Waals surface area contributed by atoms with E-state index in [1.165, 1.54) is 16.9 Å². The summed E-state index contributed by atoms with van der Waals surface area (Å²) in [4.78, 5) is 23.1. The Morgan fingerprint density at radius 3 is 2.63 bits per heavy atom. The molecule has 0 bridgehead atoms. The van der Waals surface area contributed by atoms with Crippen LogP contribution in [0.4, 0.5) is 0 Å². The molecule has 5 aromatic rings. The summed E-state index contributed by atoms with van der Waals surface area (Å²) >= 11 is 10.9. The largest absolute Gasteiger partial charge is 0.302 e. The van der Waals surface area contributed by atoms with E-state index in [2.05, 4.69) is 26.5 Å². The van der Waals surface area contributed by atoms with E-state index in [9.17, 15) is 4.79 Å². The molecule has 35 heavy (non-hydrogen) atoms. The lowest BCUT2D eigenvalue weighted by atomic mass is 10.2. The van der Waals surface area contributed by atoms with Crippen LogP contribution in [0, 0.1) is 6.92 Å². The van der Waals surface area contributed by atoms with Crippen molar-refractivity contribution in [1.29, 1.82) is 0 Å². The number of thiazole rings is 1. The van der Waals surface area contributed by atoms with E-state index in [0.29, 0.717) is 26.9 Å². The van der Waals surface area contributed by atoms with Gasteiger partial charge < -0.3 is 5.43 Å². The molecule has 0 unspecified atom stereocenters. The molecule has 9 heteroatoms. The molecular weight excluding hydrogens is 546 g/mol. The van der Waals surface area contributed by atoms with Crippen molar-refractivity contribution in [3.63, 3.8) is 0 Å². The molecule has 0 amide bonds. The number of aryl methyl sites for hydroxylation is 1. The van der Waals surface area contributed by atoms with Gasteiger partial charge in [-0.1, -0.05) is 69.5 Å². The van der Waals surface area contributed by atoms with Crippen molar-refractivity contribution in [3.05, 3.63) is 109 Å². The minimum Gasteiger partial charge on any atom is -0.302 e. The number of hydrogen-bond acceptors (Lipinski definition) is 6. The summed E-state index contributed by atoms with van der Waals surface area (Å²) in [5.74, 6) is 0.517. The Labute approximate surface area is 219 Å². The predicted octanol–water partition coefficient (Wildman–Crippen LogP) is 6.36. The molecule has 2 heterocycles. The van der Waals surface area contributed by atoms with Crippen LogP contribution in [-0.2, 0) is 6.54 Å². The quantitative estimate of drug-likeness (QED) is 0.192. The molecule has 6 nitrogen and oxygen atoms in total. The van der Waals surface area contributed by atoms with Crippen LogP contribution in [0.2, 0.25) is 5.02 Å². The van der Waals surface area contributed by atoms with Gasteiger partial charge in [0.2, 0.25) is 0 Å². The van der Waals surface area contributed by atoms with Gasteiger partial charge in [-0.15, -0.1) is 11.3 Å². The highest BCUT2D eigenvalue weighted by molar-refractivity contribution is 9.10. The van der Waals surface area contributed by atoms with Crippen molar-refractivity contribution < 1.29 is 0 Å². The fourth-order valence-corrected chi connectivity index (χ4v) is 4.87. The summed E-state index contributed by atoms with van der Waals surface area (Å²) in [5.41, 5.74) is 7.30. The Morgan fingerprint density at radius 2 is 1.86 bits per heavy atom. The molecule has 5 rings (SSSR count). The molecule has 0 aliphatic rings. The third-order valence-corrected chi connectivity index (χ3v) is 6.91. The highest BCUT2D eigenvalue weighted by atomic mass is 79.9. The summed E-state index contributed by atoms with van der Waals surface area (Å²) in [6, 6.07) is 21.0. The standard InChI is InChI=1S/C26H19BrClN5OS/c1-16-2-4-17(5-3-16)13-29-30-14-24-31-22-11-8-19(27)12-21(22)25(34)33(24)26-32-23(15-35-26)18-6-9-20(28)10-7-18/h2-13,15,30H,14H2,1H3/b29-13+. The van der Waals surface area contributed by atoms with Crippen molar-refractivity contribution in [3.8, 4) is 16.4 Å². The lowest BCUT2D eigenvalue weighted by molar-refractivity contribution is 0.678. The number of rotatable bonds is 6. The van der Waals surface area contributed by atoms with E-state index in [1.54, 1.807) is 16.8 Å². The fraction of sp³-hybridized carbons (Fsp3) is 0.0769. The third-order valence-electron chi connectivity index (χ3n) is 5.34. The van der Waals surface area contributed by atoms with Gasteiger partial charge in [0.25, 0.3) is 5.56 Å². The van der Waals surface area contributed by atoms with Crippen LogP contribution in [0.5, 0.6) is 0 Å². The minimum atomic E-state index is -0.187. The molecule has 0 radical (unpaired) electrons. The first-order chi connectivity index (χ1) is 17.0. The Balaban J connectivity index is 1.52. The summed E-state index contributed by atoms with van der Waals surface area (Å²) in [7, 11) is 0. The van der Waals surface area contributed by atoms with Crippen molar-refractivity contribution >= 4 is 56.0 Å². The van der Waals surface area contributed by atoms with Gasteiger partial charge in [-0.05, 0) is 42.8 Å². The first-order valence-electron chi connectivity index (χ1n) is 10.7. The molecule has 174 valence electrons. The number of hydrogen-bond donors (Lipinski definition) is 1. The maximum absolute atomic E-state index is 13.6. The van der Waals surface area contributed by atoms with E-state index in [0.717, 1.165) is 21.3 Å². The Bertz CT molecular complexity index is 1590. The van der Waals surface area contributed by atoms with Gasteiger partial charge in [-0.25, -0.2) is 14.5 Å². The predicted molar refractivity (Wildman–Crippen MR) is 147 cm³/mol. The topological polar surface area (TPSA) is 72.2 Å².